The first-order chi connectivity index (χ1) is 19.1. The lowest BCUT2D eigenvalue weighted by molar-refractivity contribution is 0.296. The van der Waals surface area contributed by atoms with Crippen molar-refractivity contribution in [3.63, 3.8) is 0 Å². The average molecular weight is 528 g/mol. The Bertz CT molecular complexity index is 1490. The first kappa shape index (κ1) is 29.2. The molecule has 4 rings (SSSR count). The van der Waals surface area contributed by atoms with E-state index in [1.165, 1.54) is 39.0 Å². The first-order valence-electron chi connectivity index (χ1n) is 14.5. The summed E-state index contributed by atoms with van der Waals surface area (Å²) in [5.74, 6) is 0. The lowest BCUT2D eigenvalue weighted by Crippen LogP contribution is -2.46. The van der Waals surface area contributed by atoms with Crippen LogP contribution in [0.1, 0.15) is 77.1 Å². The Balaban J connectivity index is 1.79. The highest BCUT2D eigenvalue weighted by Gasteiger charge is 2.50. The summed E-state index contributed by atoms with van der Waals surface area (Å²) >= 11 is 0. The van der Waals surface area contributed by atoms with Gasteiger partial charge in [0.15, 0.2) is 0 Å². The third kappa shape index (κ3) is 5.18. The molecule has 0 heterocycles. The van der Waals surface area contributed by atoms with Crippen molar-refractivity contribution in [2.24, 2.45) is 0 Å². The zero-order valence-electron chi connectivity index (χ0n) is 25.4. The molecule has 0 saturated carbocycles. The van der Waals surface area contributed by atoms with Gasteiger partial charge in [0, 0.05) is 22.6 Å². The van der Waals surface area contributed by atoms with Crippen LogP contribution < -0.4 is 5.32 Å². The Kier molecular flexibility index (Phi) is 8.54. The number of benzene rings is 3. The van der Waals surface area contributed by atoms with Gasteiger partial charge in [0.1, 0.15) is 0 Å². The van der Waals surface area contributed by atoms with E-state index < -0.39 is 0 Å². The van der Waals surface area contributed by atoms with Crippen LogP contribution in [0.3, 0.4) is 0 Å². The standard InChI is InChI=1S/C39H45N/c1-10-31(30(7)40-29(6)25-27(3)4)22-21-28(5)34-24-23-32-26-37(34)38(8,9)39(11-2,33-17-13-12-14-18-33)36-20-16-15-19-35(32)36/h10,12-26,29,40H,5,7,11H2,1-4,6,8-9H3/b22-21-,31-10+. The molecule has 0 aromatic heterocycles. The molecule has 0 amide bonds. The highest BCUT2D eigenvalue weighted by molar-refractivity contribution is 5.82. The zero-order chi connectivity index (χ0) is 29.1. The number of nitrogens with one attached hydrogen (secondary N) is 1. The van der Waals surface area contributed by atoms with Gasteiger partial charge in [0.2, 0.25) is 0 Å². The molecular formula is C39H45N. The van der Waals surface area contributed by atoms with Gasteiger partial charge in [-0.15, -0.1) is 0 Å². The van der Waals surface area contributed by atoms with Crippen molar-refractivity contribution in [3.8, 4) is 11.1 Å². The molecule has 2 unspecified atom stereocenters. The maximum absolute atomic E-state index is 4.57. The van der Waals surface area contributed by atoms with Gasteiger partial charge in [-0.1, -0.05) is 131 Å². The molecule has 0 radical (unpaired) electrons. The van der Waals surface area contributed by atoms with Gasteiger partial charge in [-0.2, -0.15) is 0 Å². The van der Waals surface area contributed by atoms with Crippen LogP contribution in [0.4, 0.5) is 0 Å². The molecular weight excluding hydrogens is 482 g/mol. The fraction of sp³-hybridized carbons (Fsp3) is 0.282. The van der Waals surface area contributed by atoms with E-state index in [1.54, 1.807) is 0 Å². The van der Waals surface area contributed by atoms with Crippen molar-refractivity contribution in [3.05, 3.63) is 149 Å². The summed E-state index contributed by atoms with van der Waals surface area (Å²) in [5.41, 5.74) is 11.7. The topological polar surface area (TPSA) is 12.0 Å². The molecule has 1 N–H and O–H groups in total. The van der Waals surface area contributed by atoms with E-state index in [9.17, 15) is 0 Å². The van der Waals surface area contributed by atoms with Crippen LogP contribution in [0.25, 0.3) is 16.7 Å². The van der Waals surface area contributed by atoms with Crippen LogP contribution in [0.5, 0.6) is 0 Å². The minimum Gasteiger partial charge on any atom is -0.379 e. The molecule has 206 valence electrons. The number of hydrogen-bond donors (Lipinski definition) is 1. The van der Waals surface area contributed by atoms with E-state index in [0.29, 0.717) is 0 Å². The van der Waals surface area contributed by atoms with Gasteiger partial charge < -0.3 is 5.32 Å². The van der Waals surface area contributed by atoms with E-state index >= 15 is 0 Å². The number of rotatable bonds is 9. The summed E-state index contributed by atoms with van der Waals surface area (Å²) < 4.78 is 0. The highest BCUT2D eigenvalue weighted by atomic mass is 14.9. The molecule has 2 bridgehead atoms. The molecule has 3 aromatic carbocycles. The minimum absolute atomic E-state index is 0.201. The van der Waals surface area contributed by atoms with Gasteiger partial charge in [0.05, 0.1) is 0 Å². The van der Waals surface area contributed by atoms with Crippen molar-refractivity contribution >= 4 is 5.57 Å². The predicted molar refractivity (Wildman–Crippen MR) is 176 cm³/mol. The van der Waals surface area contributed by atoms with Crippen molar-refractivity contribution < 1.29 is 0 Å². The quantitative estimate of drug-likeness (QED) is 0.216. The van der Waals surface area contributed by atoms with E-state index in [-0.39, 0.29) is 16.9 Å². The van der Waals surface area contributed by atoms with Gasteiger partial charge in [-0.05, 0) is 84.7 Å². The molecule has 0 spiro atoms. The number of hydrogen-bond acceptors (Lipinski definition) is 1. The van der Waals surface area contributed by atoms with Gasteiger partial charge >= 0.3 is 0 Å². The van der Waals surface area contributed by atoms with Gasteiger partial charge in [0.25, 0.3) is 0 Å². The maximum atomic E-state index is 4.57. The Hall–Kier alpha value is -3.84. The smallest absolute Gasteiger partial charge is 0.0418 e. The van der Waals surface area contributed by atoms with Crippen molar-refractivity contribution in [1.29, 1.82) is 0 Å². The second-order valence-electron chi connectivity index (χ2n) is 11.8. The fourth-order valence-corrected chi connectivity index (χ4v) is 6.81. The van der Waals surface area contributed by atoms with E-state index in [4.69, 9.17) is 0 Å². The molecule has 3 aromatic rings. The van der Waals surface area contributed by atoms with E-state index in [0.717, 1.165) is 23.3 Å². The van der Waals surface area contributed by atoms with Crippen molar-refractivity contribution in [2.75, 3.05) is 0 Å². The molecule has 40 heavy (non-hydrogen) atoms. The van der Waals surface area contributed by atoms with Crippen LogP contribution in [-0.2, 0) is 10.8 Å². The Morgan fingerprint density at radius 2 is 1.57 bits per heavy atom. The minimum atomic E-state index is -0.202. The fourth-order valence-electron chi connectivity index (χ4n) is 6.81. The van der Waals surface area contributed by atoms with Crippen molar-refractivity contribution in [2.45, 2.75) is 71.8 Å². The predicted octanol–water partition coefficient (Wildman–Crippen LogP) is 10.3. The van der Waals surface area contributed by atoms with Gasteiger partial charge in [-0.25, -0.2) is 0 Å². The van der Waals surface area contributed by atoms with Gasteiger partial charge in [-0.3, -0.25) is 0 Å². The highest BCUT2D eigenvalue weighted by Crippen LogP contribution is 2.56. The first-order valence-corrected chi connectivity index (χ1v) is 14.5. The van der Waals surface area contributed by atoms with Crippen LogP contribution in [-0.4, -0.2) is 6.04 Å². The number of allylic oxidation sites excluding steroid dienone is 5. The molecule has 1 aliphatic rings. The molecule has 1 heteroatoms. The summed E-state index contributed by atoms with van der Waals surface area (Å²) in [6, 6.07) is 27.2. The normalized spacial score (nSPS) is 18.4. The lowest BCUT2D eigenvalue weighted by atomic mass is 9.54. The Labute approximate surface area is 242 Å². The monoisotopic (exact) mass is 527 g/mol. The van der Waals surface area contributed by atoms with Crippen LogP contribution in [0.2, 0.25) is 0 Å². The summed E-state index contributed by atoms with van der Waals surface area (Å²) in [5, 5.41) is 3.51. The van der Waals surface area contributed by atoms with Crippen LogP contribution in [0.15, 0.2) is 127 Å². The zero-order valence-corrected chi connectivity index (χ0v) is 25.4. The van der Waals surface area contributed by atoms with E-state index in [2.05, 4.69) is 164 Å². The average Bonchev–Trinajstić information content (AvgIpc) is 2.99. The second kappa shape index (κ2) is 11.7. The second-order valence-corrected chi connectivity index (χ2v) is 11.8. The third-order valence-electron chi connectivity index (χ3n) is 8.71. The largest absolute Gasteiger partial charge is 0.379 e. The summed E-state index contributed by atoms with van der Waals surface area (Å²) in [4.78, 5) is 0. The van der Waals surface area contributed by atoms with Crippen LogP contribution in [0, 0.1) is 0 Å². The summed E-state index contributed by atoms with van der Waals surface area (Å²) in [6.45, 7) is 24.5. The molecule has 0 aliphatic heterocycles. The van der Waals surface area contributed by atoms with Crippen molar-refractivity contribution in [1.82, 2.24) is 5.32 Å². The lowest BCUT2D eigenvalue weighted by Gasteiger charge is -2.48. The van der Waals surface area contributed by atoms with Crippen LogP contribution >= 0.6 is 0 Å². The molecule has 0 fully saturated rings. The third-order valence-corrected chi connectivity index (χ3v) is 8.71. The molecule has 2 atom stereocenters. The SMILES string of the molecule is C=C(NC(C)C=C(C)C)C(/C=C\C(=C)c1ccc2cc1C(C)(C)C(CC)(c1ccccc1)c1ccccc1-2)=C/C. The summed E-state index contributed by atoms with van der Waals surface area (Å²) in [7, 11) is 0. The molecule has 0 saturated heterocycles. The van der Waals surface area contributed by atoms with E-state index in [1.807, 2.05) is 0 Å². The Morgan fingerprint density at radius 1 is 0.900 bits per heavy atom. The molecule has 1 nitrogen and oxygen atoms in total. The maximum Gasteiger partial charge on any atom is 0.0418 e. The summed E-state index contributed by atoms with van der Waals surface area (Å²) in [6.07, 6.45) is 9.58. The Morgan fingerprint density at radius 3 is 2.23 bits per heavy atom. The molecule has 1 aliphatic carbocycles. The number of fused-ring (bicyclic) bond motifs is 4.